The van der Waals surface area contributed by atoms with Gasteiger partial charge in [-0.25, -0.2) is 4.79 Å². The maximum absolute atomic E-state index is 12.3. The smallest absolute Gasteiger partial charge is 0.349 e. The summed E-state index contributed by atoms with van der Waals surface area (Å²) in [6.45, 7) is -0.177. The number of ether oxygens (including phenoxy) is 2. The predicted molar refractivity (Wildman–Crippen MR) is 123 cm³/mol. The third-order valence-corrected chi connectivity index (χ3v) is 4.99. The topological polar surface area (TPSA) is 59.3 Å². The molecule has 0 saturated heterocycles. The van der Waals surface area contributed by atoms with Crippen LogP contribution < -0.4 is 9.47 Å². The van der Waals surface area contributed by atoms with Gasteiger partial charge >= 0.3 is 5.97 Å². The average Bonchev–Trinajstić information content (AvgIpc) is 2.85. The lowest BCUT2D eigenvalue weighted by Crippen LogP contribution is -2.18. The van der Waals surface area contributed by atoms with Crippen LogP contribution in [-0.2, 0) is 11.2 Å². The minimum Gasteiger partial charge on any atom is -0.482 e. The average molecular weight is 419 g/mol. The Kier molecular flexibility index (Phi) is 6.60. The van der Waals surface area contributed by atoms with Gasteiger partial charge in [0.15, 0.2) is 6.61 Å². The predicted octanol–water partition coefficient (Wildman–Crippen LogP) is 5.80. The quantitative estimate of drug-likeness (QED) is 0.281. The Bertz CT molecular complexity index is 1220. The number of esters is 1. The normalized spacial score (nSPS) is 10.2. The molecule has 0 aliphatic heterocycles. The maximum Gasteiger partial charge on any atom is 0.349 e. The molecule has 0 radical (unpaired) electrons. The van der Waals surface area contributed by atoms with Crippen LogP contribution in [0.15, 0.2) is 103 Å². The molecule has 0 aliphatic rings. The van der Waals surface area contributed by atoms with E-state index >= 15 is 0 Å². The molecular formula is C28H21NO3. The molecule has 0 spiro atoms. The fraction of sp³-hybridized carbons (Fsp3) is 0.0714. The van der Waals surface area contributed by atoms with Gasteiger partial charge in [-0.3, -0.25) is 0 Å². The highest BCUT2D eigenvalue weighted by molar-refractivity contribution is 5.74. The zero-order valence-corrected chi connectivity index (χ0v) is 17.4. The van der Waals surface area contributed by atoms with Crippen LogP contribution in [0, 0.1) is 11.3 Å². The van der Waals surface area contributed by atoms with Gasteiger partial charge in [0, 0.05) is 6.42 Å². The van der Waals surface area contributed by atoms with Crippen molar-refractivity contribution in [3.8, 4) is 28.7 Å². The Labute approximate surface area is 187 Å². The van der Waals surface area contributed by atoms with Crippen molar-refractivity contribution in [3.63, 3.8) is 0 Å². The molecule has 0 fully saturated rings. The Balaban J connectivity index is 1.35. The van der Waals surface area contributed by atoms with Crippen molar-refractivity contribution >= 4 is 5.97 Å². The van der Waals surface area contributed by atoms with Crippen LogP contribution in [0.2, 0.25) is 0 Å². The number of carbonyl (C=O) groups is 1. The molecule has 0 atom stereocenters. The summed E-state index contributed by atoms with van der Waals surface area (Å²) in [6, 6.07) is 34.5. The number of benzene rings is 4. The third-order valence-electron chi connectivity index (χ3n) is 4.99. The fourth-order valence-electron chi connectivity index (χ4n) is 3.36. The summed E-state index contributed by atoms with van der Waals surface area (Å²) in [7, 11) is 0. The minimum absolute atomic E-state index is 0.177. The lowest BCUT2D eigenvalue weighted by atomic mass is 10.0. The van der Waals surface area contributed by atoms with E-state index < -0.39 is 5.97 Å². The van der Waals surface area contributed by atoms with Gasteiger partial charge in [0.05, 0.1) is 11.6 Å². The van der Waals surface area contributed by atoms with Gasteiger partial charge in [0.25, 0.3) is 0 Å². The fourth-order valence-corrected chi connectivity index (χ4v) is 3.36. The molecule has 156 valence electrons. The molecule has 4 heteroatoms. The van der Waals surface area contributed by atoms with Crippen LogP contribution in [0.1, 0.15) is 16.7 Å². The number of hydrogen-bond acceptors (Lipinski definition) is 4. The van der Waals surface area contributed by atoms with Gasteiger partial charge in [0.1, 0.15) is 11.5 Å². The van der Waals surface area contributed by atoms with E-state index in [2.05, 4.69) is 18.2 Å². The summed E-state index contributed by atoms with van der Waals surface area (Å²) in [4.78, 5) is 12.3. The van der Waals surface area contributed by atoms with Gasteiger partial charge in [-0.1, -0.05) is 72.8 Å². The Morgan fingerprint density at radius 3 is 2.06 bits per heavy atom. The monoisotopic (exact) mass is 419 g/mol. The first kappa shape index (κ1) is 20.9. The number of para-hydroxylation sites is 1. The van der Waals surface area contributed by atoms with Crippen LogP contribution >= 0.6 is 0 Å². The van der Waals surface area contributed by atoms with Crippen molar-refractivity contribution < 1.29 is 14.3 Å². The van der Waals surface area contributed by atoms with Crippen LogP contribution in [0.3, 0.4) is 0 Å². The Morgan fingerprint density at radius 2 is 1.38 bits per heavy atom. The van der Waals surface area contributed by atoms with E-state index in [9.17, 15) is 4.79 Å². The molecule has 0 amide bonds. The molecule has 0 unspecified atom stereocenters. The number of hydrogen-bond donors (Lipinski definition) is 0. The van der Waals surface area contributed by atoms with Gasteiger partial charge in [-0.15, -0.1) is 0 Å². The Morgan fingerprint density at radius 1 is 0.750 bits per heavy atom. The molecule has 0 aromatic heterocycles. The lowest BCUT2D eigenvalue weighted by molar-refractivity contribution is -0.136. The number of rotatable bonds is 7. The van der Waals surface area contributed by atoms with E-state index in [4.69, 9.17) is 14.7 Å². The van der Waals surface area contributed by atoms with E-state index in [1.165, 1.54) is 5.56 Å². The zero-order valence-electron chi connectivity index (χ0n) is 17.4. The van der Waals surface area contributed by atoms with Gasteiger partial charge in [-0.2, -0.15) is 5.26 Å². The molecule has 4 aromatic rings. The molecule has 4 rings (SSSR count). The highest BCUT2D eigenvalue weighted by Gasteiger charge is 2.10. The highest BCUT2D eigenvalue weighted by atomic mass is 16.6. The molecule has 0 N–H and O–H groups in total. The lowest BCUT2D eigenvalue weighted by Gasteiger charge is -2.11. The van der Waals surface area contributed by atoms with Crippen LogP contribution in [-0.4, -0.2) is 12.6 Å². The van der Waals surface area contributed by atoms with Gasteiger partial charge in [-0.05, 0) is 52.6 Å². The molecule has 4 aromatic carbocycles. The molecule has 0 aliphatic carbocycles. The van der Waals surface area contributed by atoms with Crippen molar-refractivity contribution in [3.05, 3.63) is 120 Å². The first-order valence-corrected chi connectivity index (χ1v) is 10.3. The SMILES string of the molecule is N#Cc1ccc(-c2ccc(OC(=O)COc3ccccc3Cc3ccccc3)cc2)cc1. The summed E-state index contributed by atoms with van der Waals surface area (Å²) in [5.41, 5.74) is 4.76. The molecular weight excluding hydrogens is 398 g/mol. The van der Waals surface area contributed by atoms with E-state index in [0.717, 1.165) is 23.1 Å². The first-order chi connectivity index (χ1) is 15.7. The van der Waals surface area contributed by atoms with Gasteiger partial charge < -0.3 is 9.47 Å². The van der Waals surface area contributed by atoms with E-state index in [1.807, 2.05) is 66.7 Å². The van der Waals surface area contributed by atoms with Crippen molar-refractivity contribution in [2.45, 2.75) is 6.42 Å². The van der Waals surface area contributed by atoms with E-state index in [0.29, 0.717) is 17.1 Å². The zero-order chi connectivity index (χ0) is 22.2. The maximum atomic E-state index is 12.3. The largest absolute Gasteiger partial charge is 0.482 e. The summed E-state index contributed by atoms with van der Waals surface area (Å²) < 4.78 is 11.2. The number of carbonyl (C=O) groups excluding carboxylic acids is 1. The number of nitrogens with zero attached hydrogens (tertiary/aromatic N) is 1. The molecule has 0 saturated carbocycles. The third kappa shape index (κ3) is 5.41. The van der Waals surface area contributed by atoms with E-state index in [-0.39, 0.29) is 6.61 Å². The molecule has 0 bridgehead atoms. The van der Waals surface area contributed by atoms with Crippen molar-refractivity contribution in [2.24, 2.45) is 0 Å². The second-order valence-electron chi connectivity index (χ2n) is 7.25. The minimum atomic E-state index is -0.467. The molecule has 4 nitrogen and oxygen atoms in total. The summed E-state index contributed by atoms with van der Waals surface area (Å²) in [6.07, 6.45) is 0.725. The number of nitriles is 1. The van der Waals surface area contributed by atoms with E-state index in [1.54, 1.807) is 24.3 Å². The van der Waals surface area contributed by atoms with Crippen LogP contribution in [0.25, 0.3) is 11.1 Å². The second-order valence-corrected chi connectivity index (χ2v) is 7.25. The standard InChI is InChI=1S/C28H21NO3/c29-19-22-10-12-23(13-11-22)24-14-16-26(17-15-24)32-28(30)20-31-27-9-5-4-8-25(27)18-21-6-2-1-3-7-21/h1-17H,18,20H2. The van der Waals surface area contributed by atoms with Crippen LogP contribution in [0.5, 0.6) is 11.5 Å². The molecule has 0 heterocycles. The van der Waals surface area contributed by atoms with Crippen molar-refractivity contribution in [2.75, 3.05) is 6.61 Å². The second kappa shape index (κ2) is 10.1. The summed E-state index contributed by atoms with van der Waals surface area (Å²) in [5, 5.41) is 8.91. The van der Waals surface area contributed by atoms with Crippen LogP contribution in [0.4, 0.5) is 0 Å². The van der Waals surface area contributed by atoms with Crippen molar-refractivity contribution in [1.82, 2.24) is 0 Å². The highest BCUT2D eigenvalue weighted by Crippen LogP contribution is 2.24. The van der Waals surface area contributed by atoms with Crippen molar-refractivity contribution in [1.29, 1.82) is 5.26 Å². The Hall–Kier alpha value is -4.36. The van der Waals surface area contributed by atoms with Gasteiger partial charge in [0.2, 0.25) is 0 Å². The first-order valence-electron chi connectivity index (χ1n) is 10.3. The summed E-state index contributed by atoms with van der Waals surface area (Å²) >= 11 is 0. The summed E-state index contributed by atoms with van der Waals surface area (Å²) in [5.74, 6) is 0.656. The molecule has 32 heavy (non-hydrogen) atoms.